The van der Waals surface area contributed by atoms with Crippen LogP contribution in [0.4, 0.5) is 0 Å². The summed E-state index contributed by atoms with van der Waals surface area (Å²) in [6.07, 6.45) is 2.76. The lowest BCUT2D eigenvalue weighted by atomic mass is 9.96. The molecule has 0 aliphatic carbocycles. The van der Waals surface area contributed by atoms with E-state index in [1.54, 1.807) is 0 Å². The molecule has 1 saturated heterocycles. The van der Waals surface area contributed by atoms with Gasteiger partial charge in [0.2, 0.25) is 5.91 Å². The van der Waals surface area contributed by atoms with Crippen molar-refractivity contribution in [1.82, 2.24) is 14.9 Å². The van der Waals surface area contributed by atoms with Crippen molar-refractivity contribution in [3.05, 3.63) is 0 Å². The summed E-state index contributed by atoms with van der Waals surface area (Å²) in [7, 11) is -3.65. The number of piperidine rings is 1. The lowest BCUT2D eigenvalue weighted by Gasteiger charge is -2.37. The number of hydrogen-bond donors (Lipinski definition) is 3. The highest BCUT2D eigenvalue weighted by Crippen LogP contribution is 2.19. The van der Waals surface area contributed by atoms with Gasteiger partial charge in [-0.1, -0.05) is 6.92 Å². The Bertz CT molecular complexity index is 478. The van der Waals surface area contributed by atoms with E-state index in [4.69, 9.17) is 5.14 Å². The van der Waals surface area contributed by atoms with Crippen molar-refractivity contribution in [2.75, 3.05) is 19.6 Å². The zero-order chi connectivity index (χ0) is 17.0. The van der Waals surface area contributed by atoms with Crippen LogP contribution < -0.4 is 15.2 Å². The fourth-order valence-electron chi connectivity index (χ4n) is 2.54. The smallest absolute Gasteiger partial charge is 0.274 e. The molecule has 0 unspecified atom stereocenters. The minimum absolute atomic E-state index is 0.0203. The molecule has 0 aromatic rings. The van der Waals surface area contributed by atoms with Crippen LogP contribution in [0.5, 0.6) is 0 Å². The van der Waals surface area contributed by atoms with Crippen molar-refractivity contribution >= 4 is 16.1 Å². The molecule has 22 heavy (non-hydrogen) atoms. The van der Waals surface area contributed by atoms with E-state index in [-0.39, 0.29) is 23.4 Å². The maximum Gasteiger partial charge on any atom is 0.274 e. The average molecular weight is 334 g/mol. The molecule has 1 fully saturated rings. The molecule has 1 rings (SSSR count). The zero-order valence-corrected chi connectivity index (χ0v) is 14.9. The third-order valence-electron chi connectivity index (χ3n) is 4.40. The molecule has 8 heteroatoms. The number of likely N-dealkylation sites (tertiary alicyclic amines) is 1. The summed E-state index contributed by atoms with van der Waals surface area (Å²) in [6.45, 7) is 9.83. The predicted molar refractivity (Wildman–Crippen MR) is 87.4 cm³/mol. The van der Waals surface area contributed by atoms with Crippen molar-refractivity contribution in [2.24, 2.45) is 11.1 Å². The summed E-state index contributed by atoms with van der Waals surface area (Å²) in [4.78, 5) is 14.5. The molecule has 0 bridgehead atoms. The van der Waals surface area contributed by atoms with Gasteiger partial charge in [0.15, 0.2) is 0 Å². The molecule has 0 aromatic heterocycles. The Kier molecular flexibility index (Phi) is 6.79. The van der Waals surface area contributed by atoms with Crippen LogP contribution >= 0.6 is 0 Å². The summed E-state index contributed by atoms with van der Waals surface area (Å²) >= 11 is 0. The van der Waals surface area contributed by atoms with E-state index in [1.165, 1.54) is 0 Å². The molecule has 0 aromatic carbocycles. The molecule has 1 amide bonds. The van der Waals surface area contributed by atoms with Crippen molar-refractivity contribution in [3.8, 4) is 0 Å². The molecule has 1 heterocycles. The van der Waals surface area contributed by atoms with Crippen LogP contribution in [0.25, 0.3) is 0 Å². The third kappa shape index (κ3) is 6.60. The lowest BCUT2D eigenvalue weighted by molar-refractivity contribution is -0.128. The molecular formula is C14H30N4O3S. The third-order valence-corrected chi connectivity index (χ3v) is 4.97. The summed E-state index contributed by atoms with van der Waals surface area (Å²) in [5.74, 6) is 0.202. The average Bonchev–Trinajstić information content (AvgIpc) is 2.43. The van der Waals surface area contributed by atoms with Gasteiger partial charge in [0.25, 0.3) is 10.2 Å². The number of rotatable bonds is 7. The van der Waals surface area contributed by atoms with Gasteiger partial charge in [-0.25, -0.2) is 9.86 Å². The van der Waals surface area contributed by atoms with Crippen LogP contribution in [0.15, 0.2) is 0 Å². The van der Waals surface area contributed by atoms with Gasteiger partial charge in [-0.2, -0.15) is 8.42 Å². The monoisotopic (exact) mass is 334 g/mol. The van der Waals surface area contributed by atoms with E-state index in [2.05, 4.69) is 14.9 Å². The number of hydrogen-bond acceptors (Lipinski definition) is 4. The fourth-order valence-corrected chi connectivity index (χ4v) is 3.01. The molecule has 1 aliphatic heterocycles. The second-order valence-electron chi connectivity index (χ2n) is 6.80. The Morgan fingerprint density at radius 1 is 1.45 bits per heavy atom. The zero-order valence-electron chi connectivity index (χ0n) is 14.1. The number of nitrogens with one attached hydrogen (secondary N) is 2. The summed E-state index contributed by atoms with van der Waals surface area (Å²) < 4.78 is 24.3. The number of nitrogens with two attached hydrogens (primary N) is 1. The topological polar surface area (TPSA) is 105 Å². The van der Waals surface area contributed by atoms with Gasteiger partial charge in [0.05, 0.1) is 6.04 Å². The molecule has 2 atom stereocenters. The first kappa shape index (κ1) is 19.3. The second kappa shape index (κ2) is 7.72. The van der Waals surface area contributed by atoms with Crippen LogP contribution in [0.1, 0.15) is 47.0 Å². The first-order valence-electron chi connectivity index (χ1n) is 7.87. The van der Waals surface area contributed by atoms with Crippen LogP contribution in [-0.4, -0.2) is 50.4 Å². The molecule has 130 valence electrons. The van der Waals surface area contributed by atoms with Gasteiger partial charge in [-0.05, 0) is 52.5 Å². The Hall–Kier alpha value is -0.700. The SMILES string of the molecule is CCC(C)(C)NC(=O)[C@@H](C)N1CCC[C@@H](CNS(N)(=O)=O)C1. The number of amides is 1. The quantitative estimate of drug-likeness (QED) is 0.618. The molecular weight excluding hydrogens is 304 g/mol. The van der Waals surface area contributed by atoms with Gasteiger partial charge in [0.1, 0.15) is 0 Å². The maximum absolute atomic E-state index is 12.4. The van der Waals surface area contributed by atoms with Crippen molar-refractivity contribution in [1.29, 1.82) is 0 Å². The van der Waals surface area contributed by atoms with E-state index in [1.807, 2.05) is 27.7 Å². The Morgan fingerprint density at radius 3 is 2.64 bits per heavy atom. The number of nitrogens with zero attached hydrogens (tertiary/aromatic N) is 1. The van der Waals surface area contributed by atoms with Crippen molar-refractivity contribution in [3.63, 3.8) is 0 Å². The predicted octanol–water partition coefficient (Wildman–Crippen LogP) is 0.185. The van der Waals surface area contributed by atoms with Crippen LogP contribution in [0.2, 0.25) is 0 Å². The van der Waals surface area contributed by atoms with Crippen molar-refractivity contribution in [2.45, 2.75) is 58.5 Å². The van der Waals surface area contributed by atoms with E-state index in [0.29, 0.717) is 13.1 Å². The van der Waals surface area contributed by atoms with E-state index < -0.39 is 10.2 Å². The highest BCUT2D eigenvalue weighted by molar-refractivity contribution is 7.87. The highest BCUT2D eigenvalue weighted by Gasteiger charge is 2.29. The van der Waals surface area contributed by atoms with Crippen molar-refractivity contribution < 1.29 is 13.2 Å². The highest BCUT2D eigenvalue weighted by atomic mass is 32.2. The van der Waals surface area contributed by atoms with Crippen LogP contribution in [-0.2, 0) is 15.0 Å². The first-order valence-corrected chi connectivity index (χ1v) is 9.42. The fraction of sp³-hybridized carbons (Fsp3) is 0.929. The molecule has 0 spiro atoms. The first-order chi connectivity index (χ1) is 10.0. The van der Waals surface area contributed by atoms with Gasteiger partial charge >= 0.3 is 0 Å². The molecule has 7 nitrogen and oxygen atoms in total. The normalized spacial score (nSPS) is 22.3. The molecule has 4 N–H and O–H groups in total. The molecule has 1 aliphatic rings. The Labute approximate surface area is 134 Å². The second-order valence-corrected chi connectivity index (χ2v) is 8.18. The number of carbonyl (C=O) groups is 1. The van der Waals surface area contributed by atoms with Gasteiger partial charge in [-0.15, -0.1) is 0 Å². The molecule has 0 radical (unpaired) electrons. The molecule has 0 saturated carbocycles. The summed E-state index contributed by atoms with van der Waals surface area (Å²) in [5, 5.41) is 8.03. The van der Waals surface area contributed by atoms with Crippen LogP contribution in [0.3, 0.4) is 0 Å². The summed E-state index contributed by atoms with van der Waals surface area (Å²) in [6, 6.07) is -0.219. The van der Waals surface area contributed by atoms with Crippen LogP contribution in [0, 0.1) is 5.92 Å². The maximum atomic E-state index is 12.4. The minimum atomic E-state index is -3.65. The Balaban J connectivity index is 2.55. The van der Waals surface area contributed by atoms with Gasteiger partial charge < -0.3 is 5.32 Å². The minimum Gasteiger partial charge on any atom is -0.350 e. The lowest BCUT2D eigenvalue weighted by Crippen LogP contribution is -2.54. The number of carbonyl (C=O) groups excluding carboxylic acids is 1. The van der Waals surface area contributed by atoms with Gasteiger partial charge in [0, 0.05) is 18.6 Å². The van der Waals surface area contributed by atoms with E-state index >= 15 is 0 Å². The largest absolute Gasteiger partial charge is 0.350 e. The van der Waals surface area contributed by atoms with E-state index in [0.717, 1.165) is 25.8 Å². The van der Waals surface area contributed by atoms with Gasteiger partial charge in [-0.3, -0.25) is 9.69 Å². The van der Waals surface area contributed by atoms with E-state index in [9.17, 15) is 13.2 Å². The standard InChI is InChI=1S/C14H30N4O3S/c1-5-14(3,4)17-13(19)11(2)18-8-6-7-12(10-18)9-16-22(15,20)21/h11-12,16H,5-10H2,1-4H3,(H,17,19)(H2,15,20,21)/t11-,12+/m1/s1. The summed E-state index contributed by atoms with van der Waals surface area (Å²) in [5.41, 5.74) is -0.213. The Morgan fingerprint density at radius 2 is 2.09 bits per heavy atom.